The van der Waals surface area contributed by atoms with E-state index in [0.29, 0.717) is 19.4 Å². The van der Waals surface area contributed by atoms with E-state index in [1.807, 2.05) is 0 Å². The van der Waals surface area contributed by atoms with Crippen molar-refractivity contribution in [1.82, 2.24) is 0 Å². The molecule has 0 unspecified atom stereocenters. The number of unbranched alkanes of at least 4 members (excludes halogenated alkanes) is 1. The summed E-state index contributed by atoms with van der Waals surface area (Å²) in [5.74, 6) is 2.49. The summed E-state index contributed by atoms with van der Waals surface area (Å²) in [6.45, 7) is 0.271. The number of hydrogen-bond acceptors (Lipinski definition) is 5. The van der Waals surface area contributed by atoms with Gasteiger partial charge < -0.3 is 24.8 Å². The third-order valence-corrected chi connectivity index (χ3v) is 2.56. The molecule has 0 amide bonds. The highest BCUT2D eigenvalue weighted by atomic mass is 16.6. The quantitative estimate of drug-likeness (QED) is 0.412. The van der Waals surface area contributed by atoms with Gasteiger partial charge in [-0.25, -0.2) is 0 Å². The van der Waals surface area contributed by atoms with Crippen LogP contribution < -0.4 is 0 Å². The predicted octanol–water partition coefficient (Wildman–Crippen LogP) is -1.10. The zero-order valence-corrected chi connectivity index (χ0v) is 9.08. The van der Waals surface area contributed by atoms with E-state index in [0.717, 1.165) is 0 Å². The molecule has 5 nitrogen and oxygen atoms in total. The molecular weight excluding hydrogens is 212 g/mol. The van der Waals surface area contributed by atoms with Crippen LogP contribution in [-0.2, 0) is 9.47 Å². The second kappa shape index (κ2) is 6.84. The lowest BCUT2D eigenvalue weighted by Gasteiger charge is -2.36. The van der Waals surface area contributed by atoms with Gasteiger partial charge in [0, 0.05) is 13.0 Å². The monoisotopic (exact) mass is 230 g/mol. The molecule has 1 fully saturated rings. The molecule has 1 heterocycles. The maximum absolute atomic E-state index is 9.69. The zero-order chi connectivity index (χ0) is 12.0. The lowest BCUT2D eigenvalue weighted by atomic mass is 10.0. The molecule has 16 heavy (non-hydrogen) atoms. The van der Waals surface area contributed by atoms with Crippen molar-refractivity contribution in [2.24, 2.45) is 0 Å². The van der Waals surface area contributed by atoms with E-state index in [-0.39, 0.29) is 13.2 Å². The van der Waals surface area contributed by atoms with Crippen molar-refractivity contribution in [3.05, 3.63) is 0 Å². The Morgan fingerprint density at radius 2 is 2.12 bits per heavy atom. The Morgan fingerprint density at radius 3 is 2.75 bits per heavy atom. The number of aliphatic hydroxyl groups excluding tert-OH is 3. The van der Waals surface area contributed by atoms with Gasteiger partial charge >= 0.3 is 0 Å². The Labute approximate surface area is 95.0 Å². The zero-order valence-electron chi connectivity index (χ0n) is 9.08. The second-order valence-corrected chi connectivity index (χ2v) is 3.75. The highest BCUT2D eigenvalue weighted by molar-refractivity contribution is 4.87. The first-order chi connectivity index (χ1) is 7.70. The Balaban J connectivity index is 2.31. The van der Waals surface area contributed by atoms with Gasteiger partial charge in [-0.15, -0.1) is 12.3 Å². The summed E-state index contributed by atoms with van der Waals surface area (Å²) in [5.41, 5.74) is 0. The average Bonchev–Trinajstić information content (AvgIpc) is 2.30. The number of aliphatic hydroxyl groups is 3. The van der Waals surface area contributed by atoms with Crippen LogP contribution in [0.15, 0.2) is 0 Å². The van der Waals surface area contributed by atoms with Crippen molar-refractivity contribution in [2.45, 2.75) is 37.3 Å². The summed E-state index contributed by atoms with van der Waals surface area (Å²) in [6.07, 6.45) is 2.97. The fraction of sp³-hybridized carbons (Fsp3) is 0.818. The molecule has 1 saturated heterocycles. The Kier molecular flexibility index (Phi) is 5.74. The van der Waals surface area contributed by atoms with Gasteiger partial charge in [0.1, 0.15) is 24.4 Å². The van der Waals surface area contributed by atoms with Crippen molar-refractivity contribution < 1.29 is 24.8 Å². The number of ether oxygens (including phenoxy) is 2. The molecule has 1 aliphatic heterocycles. The third kappa shape index (κ3) is 3.44. The van der Waals surface area contributed by atoms with E-state index in [1.165, 1.54) is 0 Å². The summed E-state index contributed by atoms with van der Waals surface area (Å²) in [5, 5.41) is 28.1. The summed E-state index contributed by atoms with van der Waals surface area (Å²) in [4.78, 5) is 0. The van der Waals surface area contributed by atoms with E-state index in [4.69, 9.17) is 21.0 Å². The Hall–Kier alpha value is -0.640. The van der Waals surface area contributed by atoms with Crippen molar-refractivity contribution in [2.75, 3.05) is 19.8 Å². The van der Waals surface area contributed by atoms with Crippen LogP contribution in [0, 0.1) is 12.3 Å². The number of hydrogen-bond donors (Lipinski definition) is 3. The topological polar surface area (TPSA) is 79.2 Å². The first kappa shape index (κ1) is 13.4. The van der Waals surface area contributed by atoms with E-state index >= 15 is 0 Å². The van der Waals surface area contributed by atoms with Gasteiger partial charge in [-0.2, -0.15) is 0 Å². The molecule has 1 rings (SSSR count). The van der Waals surface area contributed by atoms with Gasteiger partial charge in [-0.05, 0) is 6.42 Å². The standard InChI is InChI=1S/C11H18O5/c1-2-3-4-5-15-9-7-16-8(6-12)10(13)11(9)14/h1,8-14H,3-7H2/t8-,9+,10+,11-/m1/s1. The van der Waals surface area contributed by atoms with Crippen LogP contribution in [0.5, 0.6) is 0 Å². The van der Waals surface area contributed by atoms with Crippen LogP contribution in [-0.4, -0.2) is 59.6 Å². The first-order valence-electron chi connectivity index (χ1n) is 5.34. The van der Waals surface area contributed by atoms with E-state index in [9.17, 15) is 10.2 Å². The van der Waals surface area contributed by atoms with Gasteiger partial charge in [0.15, 0.2) is 0 Å². The van der Waals surface area contributed by atoms with E-state index in [2.05, 4.69) is 5.92 Å². The SMILES string of the molecule is C#CCCCO[C@H]1CO[C@H](CO)[C@H](O)[C@@H]1O. The summed E-state index contributed by atoms with van der Waals surface area (Å²) in [6, 6.07) is 0. The smallest absolute Gasteiger partial charge is 0.111 e. The second-order valence-electron chi connectivity index (χ2n) is 3.75. The highest BCUT2D eigenvalue weighted by Gasteiger charge is 2.38. The molecule has 0 radical (unpaired) electrons. The maximum Gasteiger partial charge on any atom is 0.111 e. The molecule has 0 aliphatic carbocycles. The Morgan fingerprint density at radius 1 is 1.38 bits per heavy atom. The largest absolute Gasteiger partial charge is 0.394 e. The van der Waals surface area contributed by atoms with Crippen LogP contribution in [0.4, 0.5) is 0 Å². The van der Waals surface area contributed by atoms with E-state index in [1.54, 1.807) is 0 Å². The summed E-state index contributed by atoms with van der Waals surface area (Å²) < 4.78 is 10.5. The molecule has 5 heteroatoms. The molecule has 0 aromatic heterocycles. The minimum Gasteiger partial charge on any atom is -0.394 e. The van der Waals surface area contributed by atoms with Gasteiger partial charge in [0.25, 0.3) is 0 Å². The average molecular weight is 230 g/mol. The van der Waals surface area contributed by atoms with Crippen molar-refractivity contribution in [3.8, 4) is 12.3 Å². The molecular formula is C11H18O5. The third-order valence-electron chi connectivity index (χ3n) is 2.56. The lowest BCUT2D eigenvalue weighted by Crippen LogP contribution is -2.55. The normalized spacial score (nSPS) is 34.6. The van der Waals surface area contributed by atoms with Gasteiger partial charge in [-0.1, -0.05) is 0 Å². The maximum atomic E-state index is 9.69. The fourth-order valence-corrected chi connectivity index (χ4v) is 1.57. The first-order valence-corrected chi connectivity index (χ1v) is 5.34. The minimum atomic E-state index is -1.11. The number of rotatable bonds is 5. The van der Waals surface area contributed by atoms with Gasteiger partial charge in [-0.3, -0.25) is 0 Å². The van der Waals surface area contributed by atoms with Crippen LogP contribution in [0.2, 0.25) is 0 Å². The van der Waals surface area contributed by atoms with Crippen LogP contribution in [0.25, 0.3) is 0 Å². The molecule has 0 aromatic carbocycles. The van der Waals surface area contributed by atoms with Crippen molar-refractivity contribution >= 4 is 0 Å². The van der Waals surface area contributed by atoms with E-state index < -0.39 is 24.4 Å². The van der Waals surface area contributed by atoms with Gasteiger partial charge in [0.2, 0.25) is 0 Å². The number of terminal acetylenes is 1. The summed E-state index contributed by atoms with van der Waals surface area (Å²) in [7, 11) is 0. The highest BCUT2D eigenvalue weighted by Crippen LogP contribution is 2.17. The molecule has 92 valence electrons. The molecule has 0 spiro atoms. The molecule has 0 aromatic rings. The van der Waals surface area contributed by atoms with Gasteiger partial charge in [0.05, 0.1) is 13.2 Å². The van der Waals surface area contributed by atoms with Crippen LogP contribution in [0.3, 0.4) is 0 Å². The van der Waals surface area contributed by atoms with Crippen molar-refractivity contribution in [3.63, 3.8) is 0 Å². The molecule has 1 aliphatic rings. The summed E-state index contributed by atoms with van der Waals surface area (Å²) >= 11 is 0. The molecule has 0 saturated carbocycles. The van der Waals surface area contributed by atoms with Crippen LogP contribution in [0.1, 0.15) is 12.8 Å². The van der Waals surface area contributed by atoms with Crippen molar-refractivity contribution in [1.29, 1.82) is 0 Å². The minimum absolute atomic E-state index is 0.166. The molecule has 3 N–H and O–H groups in total. The predicted molar refractivity (Wildman–Crippen MR) is 56.6 cm³/mol. The Bertz CT molecular complexity index is 237. The fourth-order valence-electron chi connectivity index (χ4n) is 1.57. The molecule has 0 bridgehead atoms. The molecule has 4 atom stereocenters. The lowest BCUT2D eigenvalue weighted by molar-refractivity contribution is -0.208. The van der Waals surface area contributed by atoms with Crippen LogP contribution >= 0.6 is 0 Å².